The summed E-state index contributed by atoms with van der Waals surface area (Å²) in [6.07, 6.45) is 53.8. The monoisotopic (exact) mass is 832 g/mol. The highest BCUT2D eigenvalue weighted by Crippen LogP contribution is 2.18. The quantitative estimate of drug-likeness (QED) is 0.0322. The van der Waals surface area contributed by atoms with Crippen molar-refractivity contribution in [1.29, 1.82) is 0 Å². The number of hydrogen-bond acceptors (Lipinski definition) is 5. The summed E-state index contributed by atoms with van der Waals surface area (Å²) in [6, 6.07) is -0.700. The van der Waals surface area contributed by atoms with E-state index in [2.05, 4.69) is 50.4 Å². The molecule has 0 aromatic rings. The van der Waals surface area contributed by atoms with Crippen molar-refractivity contribution in [2.45, 2.75) is 296 Å². The lowest BCUT2D eigenvalue weighted by Gasteiger charge is -2.24. The number of rotatable bonds is 47. The number of unbranched alkanes of at least 4 members (excludes halogenated alkanes) is 31. The Kier molecular flexibility index (Phi) is 46.1. The third kappa shape index (κ3) is 42.8. The summed E-state index contributed by atoms with van der Waals surface area (Å²) in [5.41, 5.74) is 0. The van der Waals surface area contributed by atoms with Crippen molar-refractivity contribution in [1.82, 2.24) is 5.32 Å². The molecule has 3 N–H and O–H groups in total. The van der Waals surface area contributed by atoms with Gasteiger partial charge in [-0.15, -0.1) is 0 Å². The molecule has 0 aliphatic carbocycles. The number of allylic oxidation sites excluding steroid dienone is 4. The van der Waals surface area contributed by atoms with Gasteiger partial charge in [0.05, 0.1) is 25.2 Å². The van der Waals surface area contributed by atoms with Gasteiger partial charge < -0.3 is 20.3 Å². The van der Waals surface area contributed by atoms with Gasteiger partial charge >= 0.3 is 5.97 Å². The molecule has 0 radical (unpaired) electrons. The van der Waals surface area contributed by atoms with Crippen LogP contribution in [-0.4, -0.2) is 46.9 Å². The van der Waals surface area contributed by atoms with Crippen LogP contribution in [0.3, 0.4) is 0 Å². The van der Waals surface area contributed by atoms with Crippen molar-refractivity contribution in [2.24, 2.45) is 0 Å². The Morgan fingerprint density at radius 3 is 1.25 bits per heavy atom. The molecule has 348 valence electrons. The molecule has 1 amide bonds. The van der Waals surface area contributed by atoms with Crippen LogP contribution in [0.15, 0.2) is 24.3 Å². The van der Waals surface area contributed by atoms with Gasteiger partial charge in [0.2, 0.25) is 5.91 Å². The minimum absolute atomic E-state index is 0.0751. The normalized spacial score (nSPS) is 13.4. The lowest BCUT2D eigenvalue weighted by Crippen LogP contribution is -2.46. The summed E-state index contributed by atoms with van der Waals surface area (Å²) in [5, 5.41) is 23.8. The van der Waals surface area contributed by atoms with Crippen LogP contribution < -0.4 is 5.32 Å². The van der Waals surface area contributed by atoms with E-state index in [0.29, 0.717) is 19.3 Å². The van der Waals surface area contributed by atoms with E-state index in [-0.39, 0.29) is 24.9 Å². The summed E-state index contributed by atoms with van der Waals surface area (Å²) < 4.78 is 5.93. The Labute approximate surface area is 367 Å². The molecule has 0 bridgehead atoms. The second kappa shape index (κ2) is 47.4. The predicted molar refractivity (Wildman–Crippen MR) is 255 cm³/mol. The van der Waals surface area contributed by atoms with Crippen LogP contribution in [0.25, 0.3) is 0 Å². The lowest BCUT2D eigenvalue weighted by molar-refractivity contribution is -0.151. The second-order valence-electron chi connectivity index (χ2n) is 17.9. The predicted octanol–water partition coefficient (Wildman–Crippen LogP) is 15.5. The highest BCUT2D eigenvalue weighted by Gasteiger charge is 2.24. The van der Waals surface area contributed by atoms with E-state index in [0.717, 1.165) is 57.8 Å². The number of aliphatic hydroxyl groups is 2. The highest BCUT2D eigenvalue weighted by molar-refractivity contribution is 5.77. The Hall–Kier alpha value is -1.66. The molecule has 0 saturated heterocycles. The molecular formula is C53H101NO5. The maximum absolute atomic E-state index is 13.2. The van der Waals surface area contributed by atoms with Gasteiger partial charge in [0.25, 0.3) is 0 Å². The Bertz CT molecular complexity index is 935. The summed E-state index contributed by atoms with van der Waals surface area (Å²) in [5.74, 6) is -0.478. The number of aliphatic hydroxyl groups excluding tert-OH is 2. The zero-order valence-electron chi connectivity index (χ0n) is 39.7. The molecule has 0 spiro atoms. The van der Waals surface area contributed by atoms with Gasteiger partial charge in [0, 0.05) is 6.42 Å². The molecule has 0 heterocycles. The SMILES string of the molecule is CCCC/C=C\CCCCCCCC(=O)OC(CCCCCCCCC/C=C/CCCCCCCC)CC(=O)NC(CO)C(O)CCCCCCCCCCCCCC. The van der Waals surface area contributed by atoms with Gasteiger partial charge in [-0.25, -0.2) is 0 Å². The van der Waals surface area contributed by atoms with E-state index in [1.165, 1.54) is 173 Å². The van der Waals surface area contributed by atoms with Crippen molar-refractivity contribution in [3.05, 3.63) is 24.3 Å². The standard InChI is InChI=1S/C53H101NO5/c1-4-7-10-13-16-19-22-24-25-26-27-28-30-32-35-38-41-44-49(59-53(58)46-43-40-37-34-29-21-18-15-12-9-6-3)47-52(57)54-50(48-55)51(56)45-42-39-36-33-31-23-20-17-14-11-8-5-2/h15,18,24-25,49-51,55-56H,4-14,16-17,19-23,26-48H2,1-3H3,(H,54,57)/b18-15-,25-24+. The van der Waals surface area contributed by atoms with Crippen LogP contribution in [0.1, 0.15) is 278 Å². The molecule has 0 saturated carbocycles. The van der Waals surface area contributed by atoms with Crippen LogP contribution in [0.2, 0.25) is 0 Å². The first-order valence-corrected chi connectivity index (χ1v) is 26.1. The van der Waals surface area contributed by atoms with Gasteiger partial charge in [0.15, 0.2) is 0 Å². The van der Waals surface area contributed by atoms with Gasteiger partial charge in [0.1, 0.15) is 6.10 Å². The molecule has 0 aromatic heterocycles. The number of nitrogens with one attached hydrogen (secondary N) is 1. The van der Waals surface area contributed by atoms with Gasteiger partial charge in [-0.05, 0) is 70.6 Å². The molecule has 6 heteroatoms. The summed E-state index contributed by atoms with van der Waals surface area (Å²) >= 11 is 0. The van der Waals surface area contributed by atoms with Gasteiger partial charge in [-0.3, -0.25) is 9.59 Å². The number of esters is 1. The maximum Gasteiger partial charge on any atom is 0.306 e. The van der Waals surface area contributed by atoms with Crippen molar-refractivity contribution < 1.29 is 24.5 Å². The minimum Gasteiger partial charge on any atom is -0.462 e. The average molecular weight is 832 g/mol. The number of hydrogen-bond donors (Lipinski definition) is 3. The van der Waals surface area contributed by atoms with Crippen LogP contribution >= 0.6 is 0 Å². The number of carbonyl (C=O) groups is 2. The van der Waals surface area contributed by atoms with Crippen molar-refractivity contribution >= 4 is 11.9 Å². The van der Waals surface area contributed by atoms with Gasteiger partial charge in [-0.1, -0.05) is 218 Å². The van der Waals surface area contributed by atoms with Gasteiger partial charge in [-0.2, -0.15) is 0 Å². The summed E-state index contributed by atoms with van der Waals surface area (Å²) in [4.78, 5) is 26.1. The smallest absolute Gasteiger partial charge is 0.306 e. The zero-order valence-corrected chi connectivity index (χ0v) is 39.7. The molecule has 3 atom stereocenters. The Balaban J connectivity index is 4.56. The maximum atomic E-state index is 13.2. The molecule has 0 fully saturated rings. The second-order valence-corrected chi connectivity index (χ2v) is 17.9. The van der Waals surface area contributed by atoms with Crippen LogP contribution in [0.4, 0.5) is 0 Å². The molecule has 3 unspecified atom stereocenters. The van der Waals surface area contributed by atoms with E-state index in [1.54, 1.807) is 0 Å². The van der Waals surface area contributed by atoms with E-state index in [1.807, 2.05) is 0 Å². The Morgan fingerprint density at radius 2 is 0.831 bits per heavy atom. The largest absolute Gasteiger partial charge is 0.462 e. The number of carbonyl (C=O) groups excluding carboxylic acids is 2. The molecular weight excluding hydrogens is 731 g/mol. The summed E-state index contributed by atoms with van der Waals surface area (Å²) in [7, 11) is 0. The van der Waals surface area contributed by atoms with Crippen LogP contribution in [0, 0.1) is 0 Å². The molecule has 0 aliphatic rings. The lowest BCUT2D eigenvalue weighted by atomic mass is 10.0. The molecule has 59 heavy (non-hydrogen) atoms. The first-order valence-electron chi connectivity index (χ1n) is 26.1. The third-order valence-electron chi connectivity index (χ3n) is 12.0. The fourth-order valence-electron chi connectivity index (χ4n) is 7.99. The van der Waals surface area contributed by atoms with E-state index < -0.39 is 18.2 Å². The first kappa shape index (κ1) is 57.3. The van der Waals surface area contributed by atoms with E-state index in [4.69, 9.17) is 4.74 Å². The van der Waals surface area contributed by atoms with Crippen LogP contribution in [0.5, 0.6) is 0 Å². The first-order chi connectivity index (χ1) is 29.0. The Morgan fingerprint density at radius 1 is 0.475 bits per heavy atom. The molecule has 6 nitrogen and oxygen atoms in total. The fraction of sp³-hybridized carbons (Fsp3) is 0.887. The number of amides is 1. The minimum atomic E-state index is -0.786. The van der Waals surface area contributed by atoms with Crippen molar-refractivity contribution in [3.63, 3.8) is 0 Å². The summed E-state index contributed by atoms with van der Waals surface area (Å²) in [6.45, 7) is 6.45. The zero-order chi connectivity index (χ0) is 43.1. The fourth-order valence-corrected chi connectivity index (χ4v) is 7.99. The van der Waals surface area contributed by atoms with Crippen LogP contribution in [-0.2, 0) is 14.3 Å². The van der Waals surface area contributed by atoms with Crippen molar-refractivity contribution in [3.8, 4) is 0 Å². The molecule has 0 aromatic carbocycles. The topological polar surface area (TPSA) is 95.9 Å². The molecule has 0 rings (SSSR count). The number of ether oxygens (including phenoxy) is 1. The molecule has 0 aliphatic heterocycles. The highest BCUT2D eigenvalue weighted by atomic mass is 16.5. The average Bonchev–Trinajstić information content (AvgIpc) is 3.23. The van der Waals surface area contributed by atoms with E-state index >= 15 is 0 Å². The third-order valence-corrected chi connectivity index (χ3v) is 12.0. The van der Waals surface area contributed by atoms with Crippen molar-refractivity contribution in [2.75, 3.05) is 6.61 Å². The van der Waals surface area contributed by atoms with E-state index in [9.17, 15) is 19.8 Å².